The van der Waals surface area contributed by atoms with Gasteiger partial charge in [-0.05, 0) is 18.4 Å². The van der Waals surface area contributed by atoms with Gasteiger partial charge in [-0.25, -0.2) is 9.97 Å². The van der Waals surface area contributed by atoms with Gasteiger partial charge in [-0.15, -0.1) is 11.8 Å². The van der Waals surface area contributed by atoms with Gasteiger partial charge in [0.1, 0.15) is 23.5 Å². The Kier molecular flexibility index (Phi) is 4.92. The molecule has 1 aliphatic rings. The minimum atomic E-state index is -4.58. The summed E-state index contributed by atoms with van der Waals surface area (Å²) in [6.45, 7) is 0. The molecule has 1 N–H and O–H groups in total. The molecule has 140 valence electrons. The normalized spacial score (nSPS) is 14.3. The van der Waals surface area contributed by atoms with E-state index in [-0.39, 0.29) is 27.5 Å². The van der Waals surface area contributed by atoms with Crippen LogP contribution in [0, 0.1) is 0 Å². The molecule has 3 rings (SSSR count). The first-order valence-corrected chi connectivity index (χ1v) is 8.70. The quantitative estimate of drug-likeness (QED) is 0.848. The number of fused-ring (bicyclic) bond motifs is 1. The highest BCUT2D eigenvalue weighted by atomic mass is 32.2. The van der Waals surface area contributed by atoms with Crippen LogP contribution in [0.1, 0.15) is 26.4 Å². The van der Waals surface area contributed by atoms with Crippen molar-refractivity contribution in [1.29, 1.82) is 0 Å². The Hall–Kier alpha value is -2.88. The summed E-state index contributed by atoms with van der Waals surface area (Å²) in [5.74, 6) is -1.38. The molecule has 1 aromatic heterocycles. The van der Waals surface area contributed by atoms with Crippen LogP contribution in [-0.4, -0.2) is 34.9 Å². The van der Waals surface area contributed by atoms with Crippen molar-refractivity contribution in [3.8, 4) is 5.75 Å². The van der Waals surface area contributed by atoms with E-state index in [4.69, 9.17) is 4.74 Å². The number of nitrogens with zero attached hydrogens (tertiary/aromatic N) is 2. The molecule has 0 aliphatic heterocycles. The number of hydrogen-bond acceptors (Lipinski definition) is 7. The number of hydrogen-bond donors (Lipinski definition) is 1. The zero-order valence-electron chi connectivity index (χ0n) is 14.0. The molecule has 6 nitrogen and oxygen atoms in total. The lowest BCUT2D eigenvalue weighted by atomic mass is 9.98. The van der Waals surface area contributed by atoms with E-state index in [0.29, 0.717) is 0 Å². The van der Waals surface area contributed by atoms with Crippen molar-refractivity contribution in [3.05, 3.63) is 58.1 Å². The molecule has 10 heteroatoms. The second kappa shape index (κ2) is 7.03. The van der Waals surface area contributed by atoms with Gasteiger partial charge in [0.2, 0.25) is 11.6 Å². The molecule has 0 bridgehead atoms. The van der Waals surface area contributed by atoms with Crippen LogP contribution >= 0.6 is 11.8 Å². The number of allylic oxidation sites excluding steroid dienone is 2. The molecule has 0 fully saturated rings. The van der Waals surface area contributed by atoms with Crippen LogP contribution in [0.5, 0.6) is 5.75 Å². The van der Waals surface area contributed by atoms with Gasteiger partial charge in [-0.1, -0.05) is 0 Å². The van der Waals surface area contributed by atoms with Gasteiger partial charge in [0.15, 0.2) is 0 Å². The molecule has 0 atom stereocenters. The summed E-state index contributed by atoms with van der Waals surface area (Å²) in [7, 11) is 1.11. The molecule has 27 heavy (non-hydrogen) atoms. The molecule has 0 saturated carbocycles. The molecular formula is C17H12F3N3O3S. The average Bonchev–Trinajstić information content (AvgIpc) is 2.65. The first-order chi connectivity index (χ1) is 12.8. The fourth-order valence-corrected chi connectivity index (χ4v) is 3.22. The maximum atomic E-state index is 13.0. The Morgan fingerprint density at radius 3 is 2.56 bits per heavy atom. The van der Waals surface area contributed by atoms with Crippen molar-refractivity contribution in [2.24, 2.45) is 0 Å². The zero-order valence-corrected chi connectivity index (χ0v) is 14.9. The smallest absolute Gasteiger partial charge is 0.419 e. The highest BCUT2D eigenvalue weighted by Gasteiger charge is 2.36. The number of benzene rings is 1. The maximum absolute atomic E-state index is 13.0. The van der Waals surface area contributed by atoms with E-state index in [2.05, 4.69) is 15.3 Å². The summed E-state index contributed by atoms with van der Waals surface area (Å²) in [5, 5.41) is 2.74. The monoisotopic (exact) mass is 395 g/mol. The second-order valence-electron chi connectivity index (χ2n) is 5.39. The standard InChI is InChI=1S/C17H12F3N3O3S/c1-26-11-5-8(3-4-10(11)17(18,19)20)23-13-14(24)9-6-21-7-22-12(9)15(25)16(13)27-2/h3-7,23H,1-2H3. The summed E-state index contributed by atoms with van der Waals surface area (Å²) in [5.41, 5.74) is -0.796. The van der Waals surface area contributed by atoms with Crippen molar-refractivity contribution < 1.29 is 27.5 Å². The summed E-state index contributed by atoms with van der Waals surface area (Å²) < 4.78 is 43.8. The molecule has 0 spiro atoms. The fraction of sp³-hybridized carbons (Fsp3) is 0.176. The minimum Gasteiger partial charge on any atom is -0.496 e. The third-order valence-corrected chi connectivity index (χ3v) is 4.61. The number of rotatable bonds is 4. The number of ether oxygens (including phenoxy) is 1. The van der Waals surface area contributed by atoms with Crippen molar-refractivity contribution in [1.82, 2.24) is 9.97 Å². The van der Waals surface area contributed by atoms with Gasteiger partial charge in [-0.2, -0.15) is 13.2 Å². The van der Waals surface area contributed by atoms with Crippen LogP contribution in [0.25, 0.3) is 0 Å². The summed E-state index contributed by atoms with van der Waals surface area (Å²) in [4.78, 5) is 33.0. The molecule has 0 saturated heterocycles. The summed E-state index contributed by atoms with van der Waals surface area (Å²) in [6.07, 6.45) is -0.571. The van der Waals surface area contributed by atoms with Crippen molar-refractivity contribution >= 4 is 29.0 Å². The Balaban J connectivity index is 2.04. The number of Topliss-reactive ketones (excluding diaryl/α,β-unsaturated/α-hetero) is 2. The minimum absolute atomic E-state index is 0.00472. The Bertz CT molecular complexity index is 973. The predicted octanol–water partition coefficient (Wildman–Crippen LogP) is 3.57. The predicted molar refractivity (Wildman–Crippen MR) is 92.9 cm³/mol. The summed E-state index contributed by atoms with van der Waals surface area (Å²) >= 11 is 1.04. The Morgan fingerprint density at radius 2 is 1.93 bits per heavy atom. The Labute approximate surface area is 155 Å². The van der Waals surface area contributed by atoms with E-state index in [9.17, 15) is 22.8 Å². The molecular weight excluding hydrogens is 383 g/mol. The van der Waals surface area contributed by atoms with Gasteiger partial charge >= 0.3 is 6.18 Å². The summed E-state index contributed by atoms with van der Waals surface area (Å²) in [6, 6.07) is 3.11. The van der Waals surface area contributed by atoms with Gasteiger partial charge in [0, 0.05) is 18.0 Å². The van der Waals surface area contributed by atoms with Crippen LogP contribution in [0.3, 0.4) is 0 Å². The van der Waals surface area contributed by atoms with Gasteiger partial charge in [-0.3, -0.25) is 9.59 Å². The van der Waals surface area contributed by atoms with E-state index < -0.39 is 29.1 Å². The number of ketones is 2. The number of nitrogens with one attached hydrogen (secondary N) is 1. The van der Waals surface area contributed by atoms with Gasteiger partial charge < -0.3 is 10.1 Å². The second-order valence-corrected chi connectivity index (χ2v) is 6.21. The van der Waals surface area contributed by atoms with E-state index in [1.54, 1.807) is 6.26 Å². The molecule has 1 aliphatic carbocycles. The van der Waals surface area contributed by atoms with Crippen LogP contribution < -0.4 is 10.1 Å². The molecule has 0 radical (unpaired) electrons. The first-order valence-electron chi connectivity index (χ1n) is 7.47. The van der Waals surface area contributed by atoms with Crippen molar-refractivity contribution in [2.45, 2.75) is 6.18 Å². The number of anilines is 1. The molecule has 1 aromatic carbocycles. The third-order valence-electron chi connectivity index (χ3n) is 3.81. The highest BCUT2D eigenvalue weighted by Crippen LogP contribution is 2.38. The van der Waals surface area contributed by atoms with Crippen LogP contribution in [0.2, 0.25) is 0 Å². The van der Waals surface area contributed by atoms with Crippen LogP contribution in [-0.2, 0) is 6.18 Å². The van der Waals surface area contributed by atoms with Gasteiger partial charge in [0.25, 0.3) is 0 Å². The van der Waals surface area contributed by atoms with Gasteiger partial charge in [0.05, 0.1) is 23.1 Å². The number of halogens is 3. The number of alkyl halides is 3. The lowest BCUT2D eigenvalue weighted by molar-refractivity contribution is -0.138. The van der Waals surface area contributed by atoms with Crippen LogP contribution in [0.15, 0.2) is 41.3 Å². The number of aromatic nitrogens is 2. The molecule has 0 amide bonds. The topological polar surface area (TPSA) is 81.2 Å². The molecule has 1 heterocycles. The average molecular weight is 395 g/mol. The molecule has 2 aromatic rings. The van der Waals surface area contributed by atoms with E-state index in [0.717, 1.165) is 37.1 Å². The number of methoxy groups -OCH3 is 1. The van der Waals surface area contributed by atoms with Crippen LogP contribution in [0.4, 0.5) is 18.9 Å². The number of carbonyl (C=O) groups is 2. The highest BCUT2D eigenvalue weighted by molar-refractivity contribution is 8.03. The lowest BCUT2D eigenvalue weighted by Crippen LogP contribution is -2.26. The van der Waals surface area contributed by atoms with E-state index in [1.165, 1.54) is 12.5 Å². The largest absolute Gasteiger partial charge is 0.496 e. The van der Waals surface area contributed by atoms with Crippen molar-refractivity contribution in [2.75, 3.05) is 18.7 Å². The SMILES string of the molecule is COc1cc(NC2=C(SC)C(=O)c3ncncc3C2=O)ccc1C(F)(F)F. The fourth-order valence-electron chi connectivity index (χ4n) is 2.59. The third kappa shape index (κ3) is 3.39. The van der Waals surface area contributed by atoms with Crippen molar-refractivity contribution in [3.63, 3.8) is 0 Å². The maximum Gasteiger partial charge on any atom is 0.419 e. The number of carbonyl (C=O) groups excluding carboxylic acids is 2. The van der Waals surface area contributed by atoms with E-state index >= 15 is 0 Å². The number of thioether (sulfide) groups is 1. The first kappa shape index (κ1) is 18.9. The molecule has 0 unspecified atom stereocenters. The Morgan fingerprint density at radius 1 is 1.19 bits per heavy atom. The lowest BCUT2D eigenvalue weighted by Gasteiger charge is -2.20. The van der Waals surface area contributed by atoms with E-state index in [1.807, 2.05) is 0 Å². The zero-order chi connectivity index (χ0) is 19.8.